The lowest BCUT2D eigenvalue weighted by atomic mass is 9.89. The summed E-state index contributed by atoms with van der Waals surface area (Å²) in [6.45, 7) is 10.8. The zero-order valence-electron chi connectivity index (χ0n) is 17.1. The van der Waals surface area contributed by atoms with Crippen LogP contribution in [0.1, 0.15) is 73.1 Å². The molecule has 0 heterocycles. The van der Waals surface area contributed by atoms with Crippen LogP contribution in [0.25, 0.3) is 0 Å². The average Bonchev–Trinajstić information content (AvgIpc) is 2.50. The third kappa shape index (κ3) is 17.7. The fourth-order valence-electron chi connectivity index (χ4n) is 2.41. The third-order valence-corrected chi connectivity index (χ3v) is 4.48. The second kappa shape index (κ2) is 14.0. The maximum atomic E-state index is 10.7. The molecule has 0 aromatic rings. The first-order valence-electron chi connectivity index (χ1n) is 9.32. The van der Waals surface area contributed by atoms with E-state index in [9.17, 15) is 8.42 Å². The lowest BCUT2D eigenvalue weighted by Gasteiger charge is -2.03. The molecule has 147 valence electrons. The van der Waals surface area contributed by atoms with Gasteiger partial charge in [0, 0.05) is 0 Å². The second-order valence-corrected chi connectivity index (χ2v) is 8.48. The molecule has 1 radical (unpaired) electrons. The normalized spacial score (nSPS) is 13.7. The minimum Gasteiger partial charge on any atom is -0.248 e. The summed E-state index contributed by atoms with van der Waals surface area (Å²) in [6, 6.07) is 0. The fraction of sp³-hybridized carbons (Fsp3) is 0.600. The Kier molecular flexibility index (Phi) is 13.4. The summed E-state index contributed by atoms with van der Waals surface area (Å²) in [4.78, 5) is 0. The second-order valence-electron chi connectivity index (χ2n) is 7.15. The molecule has 0 rings (SSSR count). The minimum atomic E-state index is -3.63. The van der Waals surface area contributed by atoms with Crippen LogP contribution in [0.4, 0.5) is 0 Å². The van der Waals surface area contributed by atoms with Crippen LogP contribution in [0.15, 0.2) is 46.6 Å². The van der Waals surface area contributed by atoms with Crippen LogP contribution >= 0.6 is 0 Å². The SMILES string of the molecule is CC(C)=CCC/C(C)=C/CC/C(C)=C/CC/C(C)=C/C[B]NS(N)(=O)=O. The smallest absolute Gasteiger partial charge is 0.248 e. The number of allylic oxidation sites excluding steroid dienone is 8. The minimum absolute atomic E-state index is 0.543. The zero-order chi connectivity index (χ0) is 20.0. The van der Waals surface area contributed by atoms with Gasteiger partial charge in [-0.15, -0.1) is 0 Å². The molecular formula is C20H36BN2O2S. The highest BCUT2D eigenvalue weighted by Crippen LogP contribution is 2.13. The van der Waals surface area contributed by atoms with Crippen LogP contribution < -0.4 is 9.77 Å². The van der Waals surface area contributed by atoms with E-state index in [0.29, 0.717) is 6.32 Å². The average molecular weight is 379 g/mol. The molecule has 0 aromatic heterocycles. The van der Waals surface area contributed by atoms with Gasteiger partial charge in [0.1, 0.15) is 0 Å². The van der Waals surface area contributed by atoms with E-state index in [2.05, 4.69) is 57.5 Å². The summed E-state index contributed by atoms with van der Waals surface area (Å²) in [5.41, 5.74) is 5.53. The Labute approximate surface area is 162 Å². The van der Waals surface area contributed by atoms with Crippen LogP contribution in [-0.4, -0.2) is 15.8 Å². The number of nitrogens with two attached hydrogens (primary N) is 1. The standard InChI is InChI=1S/C20H36BN2O2S/c1-17(2)9-6-10-18(3)11-7-12-19(4)13-8-14-20(5)15-16-21-23-26(22,24)25/h9,11,13,15,23H,6-8,10,12,14,16H2,1-5H3,(H2,22,24,25)/b18-11+,19-13+,20-15+. The van der Waals surface area contributed by atoms with E-state index < -0.39 is 10.2 Å². The lowest BCUT2D eigenvalue weighted by molar-refractivity contribution is 0.595. The zero-order valence-corrected chi connectivity index (χ0v) is 18.0. The van der Waals surface area contributed by atoms with E-state index in [1.54, 1.807) is 0 Å². The molecule has 0 saturated carbocycles. The first kappa shape index (κ1) is 24.9. The Hall–Kier alpha value is -1.11. The summed E-state index contributed by atoms with van der Waals surface area (Å²) < 4.78 is 23.6. The van der Waals surface area contributed by atoms with Gasteiger partial charge in [-0.05, 0) is 79.5 Å². The maximum Gasteiger partial charge on any atom is 0.263 e. The number of hydrogen-bond acceptors (Lipinski definition) is 2. The van der Waals surface area contributed by atoms with Crippen molar-refractivity contribution >= 4 is 17.6 Å². The molecule has 0 unspecified atom stereocenters. The van der Waals surface area contributed by atoms with Crippen molar-refractivity contribution in [1.29, 1.82) is 0 Å². The molecule has 26 heavy (non-hydrogen) atoms. The van der Waals surface area contributed by atoms with Gasteiger partial charge in [0.15, 0.2) is 0 Å². The van der Waals surface area contributed by atoms with Gasteiger partial charge < -0.3 is 0 Å². The lowest BCUT2D eigenvalue weighted by Crippen LogP contribution is -2.33. The largest absolute Gasteiger partial charge is 0.263 e. The van der Waals surface area contributed by atoms with E-state index in [4.69, 9.17) is 5.14 Å². The van der Waals surface area contributed by atoms with Gasteiger partial charge in [-0.3, -0.25) is 0 Å². The summed E-state index contributed by atoms with van der Waals surface area (Å²) >= 11 is 0. The van der Waals surface area contributed by atoms with E-state index in [-0.39, 0.29) is 0 Å². The molecule has 0 spiro atoms. The molecule has 0 aliphatic rings. The predicted molar refractivity (Wildman–Crippen MR) is 115 cm³/mol. The molecule has 0 saturated heterocycles. The summed E-state index contributed by atoms with van der Waals surface area (Å²) in [7, 11) is -2.18. The van der Waals surface area contributed by atoms with Gasteiger partial charge in [0.25, 0.3) is 10.2 Å². The number of hydrogen-bond donors (Lipinski definition) is 2. The maximum absolute atomic E-state index is 10.7. The Balaban J connectivity index is 4.01. The molecule has 0 aliphatic carbocycles. The molecule has 3 N–H and O–H groups in total. The molecule has 4 nitrogen and oxygen atoms in total. The first-order valence-corrected chi connectivity index (χ1v) is 10.9. The molecule has 0 aliphatic heterocycles. The van der Waals surface area contributed by atoms with Crippen LogP contribution in [-0.2, 0) is 10.2 Å². The van der Waals surface area contributed by atoms with Crippen LogP contribution in [0.2, 0.25) is 6.32 Å². The monoisotopic (exact) mass is 379 g/mol. The third-order valence-electron chi connectivity index (χ3n) is 3.99. The molecular weight excluding hydrogens is 343 g/mol. The van der Waals surface area contributed by atoms with Crippen LogP contribution in [0, 0.1) is 0 Å². The van der Waals surface area contributed by atoms with Crippen LogP contribution in [0.3, 0.4) is 0 Å². The first-order chi connectivity index (χ1) is 12.1. The van der Waals surface area contributed by atoms with Crippen molar-refractivity contribution in [2.75, 3.05) is 0 Å². The van der Waals surface area contributed by atoms with Crippen molar-refractivity contribution in [2.45, 2.75) is 79.5 Å². The van der Waals surface area contributed by atoms with E-state index in [1.165, 1.54) is 29.7 Å². The van der Waals surface area contributed by atoms with Crippen molar-refractivity contribution in [3.8, 4) is 0 Å². The fourth-order valence-corrected chi connectivity index (χ4v) is 2.74. The molecule has 0 aromatic carbocycles. The summed E-state index contributed by atoms with van der Waals surface area (Å²) in [5, 5.41) is 4.85. The van der Waals surface area contributed by atoms with Gasteiger partial charge in [-0.1, -0.05) is 46.6 Å². The Morgan fingerprint density at radius 1 is 0.808 bits per heavy atom. The van der Waals surface area contributed by atoms with E-state index in [0.717, 1.165) is 38.5 Å². The van der Waals surface area contributed by atoms with Gasteiger partial charge >= 0.3 is 0 Å². The summed E-state index contributed by atoms with van der Waals surface area (Å²) in [5.74, 6) is 0. The van der Waals surface area contributed by atoms with Gasteiger partial charge in [-0.2, -0.15) is 8.42 Å². The summed E-state index contributed by atoms with van der Waals surface area (Å²) in [6.07, 6.45) is 16.0. The highest BCUT2D eigenvalue weighted by Gasteiger charge is 2.00. The Morgan fingerprint density at radius 3 is 1.65 bits per heavy atom. The molecule has 0 fully saturated rings. The van der Waals surface area contributed by atoms with Gasteiger partial charge in [0.05, 0.1) is 0 Å². The van der Waals surface area contributed by atoms with Crippen molar-refractivity contribution < 1.29 is 8.42 Å². The topological polar surface area (TPSA) is 72.2 Å². The number of nitrogens with one attached hydrogen (secondary N) is 1. The van der Waals surface area contributed by atoms with E-state index in [1.807, 2.05) is 6.08 Å². The van der Waals surface area contributed by atoms with Crippen molar-refractivity contribution in [3.63, 3.8) is 0 Å². The predicted octanol–water partition coefficient (Wildman–Crippen LogP) is 4.96. The van der Waals surface area contributed by atoms with Gasteiger partial charge in [0.2, 0.25) is 7.41 Å². The molecule has 6 heteroatoms. The Morgan fingerprint density at radius 2 is 1.23 bits per heavy atom. The highest BCUT2D eigenvalue weighted by molar-refractivity contribution is 7.88. The van der Waals surface area contributed by atoms with Crippen molar-refractivity contribution in [2.24, 2.45) is 5.14 Å². The quantitative estimate of drug-likeness (QED) is 0.270. The van der Waals surface area contributed by atoms with Crippen LogP contribution in [0.5, 0.6) is 0 Å². The Bertz CT molecular complexity index is 628. The molecule has 0 atom stereocenters. The molecule has 0 bridgehead atoms. The molecule has 0 amide bonds. The van der Waals surface area contributed by atoms with Crippen molar-refractivity contribution in [1.82, 2.24) is 4.63 Å². The van der Waals surface area contributed by atoms with Gasteiger partial charge in [-0.25, -0.2) is 9.77 Å². The van der Waals surface area contributed by atoms with Crippen molar-refractivity contribution in [3.05, 3.63) is 46.6 Å². The van der Waals surface area contributed by atoms with E-state index >= 15 is 0 Å². The highest BCUT2D eigenvalue weighted by atomic mass is 32.2. The number of rotatable bonds is 13.